The summed E-state index contributed by atoms with van der Waals surface area (Å²) < 4.78 is 44.2. The van der Waals surface area contributed by atoms with E-state index in [4.69, 9.17) is 9.72 Å². The summed E-state index contributed by atoms with van der Waals surface area (Å²) in [6.45, 7) is 6.10. The minimum atomic E-state index is -4.88. The second kappa shape index (κ2) is 10.4. The number of aliphatic hydroxyl groups is 1. The van der Waals surface area contributed by atoms with Gasteiger partial charge < -0.3 is 19.7 Å². The summed E-state index contributed by atoms with van der Waals surface area (Å²) in [7, 11) is -1.88. The molecule has 1 atom stereocenters. The average molecular weight is 588 g/mol. The summed E-state index contributed by atoms with van der Waals surface area (Å²) in [6.07, 6.45) is -3.66. The maximum absolute atomic E-state index is 13.6. The summed E-state index contributed by atoms with van der Waals surface area (Å²) in [4.78, 5) is 42.1. The van der Waals surface area contributed by atoms with Crippen LogP contribution in [0.4, 0.5) is 13.2 Å². The molecule has 1 aromatic carbocycles. The first-order valence-electron chi connectivity index (χ1n) is 13.7. The molecule has 0 aliphatic carbocycles. The molecule has 2 aromatic heterocycles. The van der Waals surface area contributed by atoms with E-state index >= 15 is 0 Å². The number of nitrogens with one attached hydrogen (secondary N) is 1. The van der Waals surface area contributed by atoms with Gasteiger partial charge in [0.2, 0.25) is 0 Å². The number of alkyl halides is 3. The zero-order valence-electron chi connectivity index (χ0n) is 23.2. The third-order valence-electron chi connectivity index (χ3n) is 8.34. The highest BCUT2D eigenvalue weighted by Gasteiger charge is 2.45. The first-order chi connectivity index (χ1) is 19.3. The molecule has 0 spiro atoms. The standard InChI is InChI=1S/C29H32F3N3O5Si/c1-4-28(39)21-14-23-24-19(15-35(23)25(36)20(21)16-40-27(28)38)17(18-8-5-6-9-22(18)34-24)10-13-41(2,3)12-7-11-33-26(37)29(30,31)32/h5-6,8-9,14,39H,4,7,10-13,15-16H2,1-3H3,(H,33,37)/t28-/m0/s1. The third kappa shape index (κ3) is 5.18. The third-order valence-corrected chi connectivity index (χ3v) is 11.6. The molecule has 2 N–H and O–H groups in total. The van der Waals surface area contributed by atoms with Crippen molar-refractivity contribution in [2.45, 2.75) is 76.3 Å². The maximum atomic E-state index is 13.6. The summed E-state index contributed by atoms with van der Waals surface area (Å²) in [5.74, 6) is -2.69. The lowest BCUT2D eigenvalue weighted by molar-refractivity contribution is -0.173. The number of amides is 1. The molecule has 1 amide bonds. The zero-order valence-corrected chi connectivity index (χ0v) is 24.2. The van der Waals surface area contributed by atoms with Crippen LogP contribution in [0.1, 0.15) is 42.0 Å². The van der Waals surface area contributed by atoms with E-state index in [0.29, 0.717) is 30.8 Å². The number of esters is 1. The van der Waals surface area contributed by atoms with Gasteiger partial charge in [-0.1, -0.05) is 50.3 Å². The van der Waals surface area contributed by atoms with E-state index < -0.39 is 31.7 Å². The van der Waals surface area contributed by atoms with Crippen LogP contribution in [-0.2, 0) is 39.5 Å². The Morgan fingerprint density at radius 1 is 1.20 bits per heavy atom. The molecule has 3 aromatic rings. The lowest BCUT2D eigenvalue weighted by atomic mass is 9.86. The number of rotatable bonds is 8. The normalized spacial score (nSPS) is 18.1. The Morgan fingerprint density at radius 3 is 2.63 bits per heavy atom. The van der Waals surface area contributed by atoms with E-state index in [1.165, 1.54) is 0 Å². The number of hydrogen-bond donors (Lipinski definition) is 2. The molecule has 2 aliphatic rings. The number of aromatic nitrogens is 2. The van der Waals surface area contributed by atoms with Crippen molar-refractivity contribution in [2.75, 3.05) is 6.54 Å². The Bertz CT molecular complexity index is 1620. The van der Waals surface area contributed by atoms with Crippen LogP contribution in [-0.4, -0.2) is 47.3 Å². The first-order valence-corrected chi connectivity index (χ1v) is 17.1. The number of hydrogen-bond acceptors (Lipinski definition) is 6. The number of cyclic esters (lactones) is 1. The van der Waals surface area contributed by atoms with Crippen LogP contribution in [0.5, 0.6) is 0 Å². The first kappa shape index (κ1) is 29.0. The quantitative estimate of drug-likeness (QED) is 0.180. The molecular weight excluding hydrogens is 555 g/mol. The molecular formula is C29H32F3N3O5Si. The molecule has 0 fully saturated rings. The number of carbonyl (C=O) groups is 2. The van der Waals surface area contributed by atoms with E-state index in [0.717, 1.165) is 34.1 Å². The Morgan fingerprint density at radius 2 is 1.93 bits per heavy atom. The van der Waals surface area contributed by atoms with Crippen LogP contribution in [0.15, 0.2) is 35.1 Å². The molecule has 8 nitrogen and oxygen atoms in total. The number of nitrogens with zero attached hydrogens (tertiary/aromatic N) is 2. The Kier molecular flexibility index (Phi) is 7.35. The topological polar surface area (TPSA) is 111 Å². The second-order valence-electron chi connectivity index (χ2n) is 11.6. The smallest absolute Gasteiger partial charge is 0.458 e. The summed E-state index contributed by atoms with van der Waals surface area (Å²) in [5, 5.41) is 14.1. The van der Waals surface area contributed by atoms with Gasteiger partial charge in [0.05, 0.1) is 29.0 Å². The highest BCUT2D eigenvalue weighted by Crippen LogP contribution is 2.41. The number of aryl methyl sites for hydroxylation is 1. The molecule has 12 heteroatoms. The maximum Gasteiger partial charge on any atom is 0.471 e. The van der Waals surface area contributed by atoms with E-state index in [1.54, 1.807) is 17.6 Å². The van der Waals surface area contributed by atoms with E-state index in [1.807, 2.05) is 29.6 Å². The predicted molar refractivity (Wildman–Crippen MR) is 149 cm³/mol. The fourth-order valence-electron chi connectivity index (χ4n) is 5.86. The van der Waals surface area contributed by atoms with E-state index in [-0.39, 0.29) is 36.3 Å². The van der Waals surface area contributed by atoms with E-state index in [9.17, 15) is 32.7 Å². The lowest BCUT2D eigenvalue weighted by Crippen LogP contribution is -2.44. The minimum Gasteiger partial charge on any atom is -0.458 e. The van der Waals surface area contributed by atoms with Crippen LogP contribution in [0.3, 0.4) is 0 Å². The number of carbonyl (C=O) groups excluding carboxylic acids is 2. The van der Waals surface area contributed by atoms with Gasteiger partial charge in [-0.15, -0.1) is 0 Å². The SMILES string of the molecule is CC[C@@]1(O)C(=O)OCc2c1cc1n(c2=O)Cc2c-1nc1ccccc1c2CC[Si](C)(C)CCCNC(=O)C(F)(F)F. The van der Waals surface area contributed by atoms with Crippen molar-refractivity contribution in [3.63, 3.8) is 0 Å². The molecule has 0 bridgehead atoms. The van der Waals surface area contributed by atoms with Crippen molar-refractivity contribution in [1.29, 1.82) is 0 Å². The van der Waals surface area contributed by atoms with Gasteiger partial charge in [0.1, 0.15) is 6.61 Å². The highest BCUT2D eigenvalue weighted by molar-refractivity contribution is 6.77. The van der Waals surface area contributed by atoms with Gasteiger partial charge in [0.15, 0.2) is 5.60 Å². The van der Waals surface area contributed by atoms with Crippen LogP contribution >= 0.6 is 0 Å². The van der Waals surface area contributed by atoms with Crippen molar-refractivity contribution >= 4 is 30.9 Å². The van der Waals surface area contributed by atoms with Gasteiger partial charge in [0, 0.05) is 31.1 Å². The van der Waals surface area contributed by atoms with Crippen molar-refractivity contribution in [3.8, 4) is 11.4 Å². The van der Waals surface area contributed by atoms with Gasteiger partial charge in [-0.05, 0) is 37.0 Å². The van der Waals surface area contributed by atoms with Crippen molar-refractivity contribution in [3.05, 3.63) is 62.9 Å². The molecule has 0 saturated carbocycles. The van der Waals surface area contributed by atoms with Gasteiger partial charge in [-0.25, -0.2) is 9.78 Å². The Balaban J connectivity index is 1.46. The number of para-hydroxylation sites is 1. The van der Waals surface area contributed by atoms with Gasteiger partial charge >= 0.3 is 18.1 Å². The van der Waals surface area contributed by atoms with E-state index in [2.05, 4.69) is 13.1 Å². The predicted octanol–water partition coefficient (Wildman–Crippen LogP) is 4.40. The number of halogens is 3. The number of fused-ring (bicyclic) bond motifs is 5. The van der Waals surface area contributed by atoms with Crippen LogP contribution in [0.25, 0.3) is 22.3 Å². The van der Waals surface area contributed by atoms with Crippen molar-refractivity contribution < 1.29 is 32.6 Å². The molecule has 0 radical (unpaired) electrons. The lowest BCUT2D eigenvalue weighted by Gasteiger charge is -2.31. The monoisotopic (exact) mass is 587 g/mol. The van der Waals surface area contributed by atoms with Crippen molar-refractivity contribution in [2.24, 2.45) is 0 Å². The molecule has 0 saturated heterocycles. The number of pyridine rings is 2. The fraction of sp³-hybridized carbons (Fsp3) is 0.448. The van der Waals surface area contributed by atoms with Gasteiger partial charge in [-0.2, -0.15) is 13.2 Å². The van der Waals surface area contributed by atoms with Crippen molar-refractivity contribution in [1.82, 2.24) is 14.9 Å². The number of ether oxygens (including phenoxy) is 1. The van der Waals surface area contributed by atoms with Crippen LogP contribution in [0, 0.1) is 0 Å². The molecule has 5 rings (SSSR count). The molecule has 41 heavy (non-hydrogen) atoms. The molecule has 4 heterocycles. The fourth-order valence-corrected chi connectivity index (χ4v) is 8.17. The van der Waals surface area contributed by atoms with Gasteiger partial charge in [-0.3, -0.25) is 9.59 Å². The summed E-state index contributed by atoms with van der Waals surface area (Å²) in [5.41, 5.74) is 2.25. The Labute approximate surface area is 235 Å². The van der Waals surface area contributed by atoms with Gasteiger partial charge in [0.25, 0.3) is 5.56 Å². The zero-order chi connectivity index (χ0) is 29.7. The summed E-state index contributed by atoms with van der Waals surface area (Å²) >= 11 is 0. The molecule has 218 valence electrons. The molecule has 2 aliphatic heterocycles. The largest absolute Gasteiger partial charge is 0.471 e. The minimum absolute atomic E-state index is 0.0262. The highest BCUT2D eigenvalue weighted by atomic mass is 28.3. The average Bonchev–Trinajstić information content (AvgIpc) is 3.29. The Hall–Kier alpha value is -3.51. The molecule has 0 unspecified atom stereocenters. The second-order valence-corrected chi connectivity index (χ2v) is 16.9. The van der Waals surface area contributed by atoms with Crippen LogP contribution < -0.4 is 10.9 Å². The number of benzene rings is 1. The van der Waals surface area contributed by atoms with Crippen LogP contribution in [0.2, 0.25) is 25.2 Å². The summed E-state index contributed by atoms with van der Waals surface area (Å²) in [6, 6.07) is 11.0.